The summed E-state index contributed by atoms with van der Waals surface area (Å²) < 4.78 is 1.89. The third-order valence-electron chi connectivity index (χ3n) is 1.30. The summed E-state index contributed by atoms with van der Waals surface area (Å²) in [5.74, 6) is 0.409. The van der Waals surface area contributed by atoms with Crippen LogP contribution < -0.4 is 0 Å². The van der Waals surface area contributed by atoms with Crippen molar-refractivity contribution in [2.45, 2.75) is 20.8 Å². The molecule has 0 amide bonds. The summed E-state index contributed by atoms with van der Waals surface area (Å²) >= 11 is 0. The topological polar surface area (TPSA) is 23.2 Å². The van der Waals surface area contributed by atoms with Crippen molar-refractivity contribution in [3.05, 3.63) is 11.8 Å². The maximum absolute atomic E-state index is 9.44. The van der Waals surface area contributed by atoms with Crippen LogP contribution in [0.25, 0.3) is 0 Å². The zero-order valence-corrected chi connectivity index (χ0v) is 8.05. The SMILES string of the molecule is C[N+](C)=CC=C(O)C(C)(C)C. The van der Waals surface area contributed by atoms with Crippen LogP contribution in [0, 0.1) is 5.41 Å². The molecule has 2 nitrogen and oxygen atoms in total. The standard InChI is InChI=1S/C9H17NO/c1-9(2,3)8(11)6-7-10(4)5/h6-7H,1-5H3/p+1. The molecule has 11 heavy (non-hydrogen) atoms. The number of nitrogens with zero attached hydrogens (tertiary/aromatic N) is 1. The van der Waals surface area contributed by atoms with Crippen LogP contribution in [0.2, 0.25) is 0 Å². The minimum absolute atomic E-state index is 0.146. The maximum Gasteiger partial charge on any atom is 0.166 e. The van der Waals surface area contributed by atoms with E-state index < -0.39 is 0 Å². The van der Waals surface area contributed by atoms with Gasteiger partial charge >= 0.3 is 0 Å². The van der Waals surface area contributed by atoms with Gasteiger partial charge in [0.1, 0.15) is 19.9 Å². The van der Waals surface area contributed by atoms with Gasteiger partial charge in [0.25, 0.3) is 0 Å². The molecule has 0 atom stereocenters. The van der Waals surface area contributed by atoms with E-state index in [0.29, 0.717) is 5.76 Å². The van der Waals surface area contributed by atoms with E-state index in [2.05, 4.69) is 0 Å². The van der Waals surface area contributed by atoms with E-state index in [1.54, 1.807) is 6.08 Å². The molecule has 0 spiro atoms. The minimum Gasteiger partial charge on any atom is -0.512 e. The molecule has 0 unspecified atom stereocenters. The van der Waals surface area contributed by atoms with Crippen molar-refractivity contribution in [3.8, 4) is 0 Å². The van der Waals surface area contributed by atoms with E-state index in [1.807, 2.05) is 45.7 Å². The van der Waals surface area contributed by atoms with Gasteiger partial charge in [-0.2, -0.15) is 0 Å². The first-order valence-corrected chi connectivity index (χ1v) is 3.75. The lowest BCUT2D eigenvalue weighted by Gasteiger charge is -2.15. The molecule has 0 aromatic heterocycles. The van der Waals surface area contributed by atoms with Crippen molar-refractivity contribution in [2.24, 2.45) is 5.41 Å². The van der Waals surface area contributed by atoms with Crippen molar-refractivity contribution in [1.82, 2.24) is 0 Å². The molecule has 0 saturated heterocycles. The Bertz CT molecular complexity index is 180. The number of hydrogen-bond acceptors (Lipinski definition) is 1. The Hall–Kier alpha value is -0.790. The molecule has 0 heterocycles. The quantitative estimate of drug-likeness (QED) is 0.349. The molecular formula is C9H18NO+. The molecular weight excluding hydrogens is 138 g/mol. The Balaban J connectivity index is 4.36. The lowest BCUT2D eigenvalue weighted by Crippen LogP contribution is -2.09. The average Bonchev–Trinajstić information content (AvgIpc) is 1.80. The van der Waals surface area contributed by atoms with Crippen molar-refractivity contribution >= 4 is 6.21 Å². The normalized spacial score (nSPS) is 13.0. The molecule has 0 aliphatic rings. The summed E-state index contributed by atoms with van der Waals surface area (Å²) in [5, 5.41) is 9.44. The highest BCUT2D eigenvalue weighted by Crippen LogP contribution is 2.21. The van der Waals surface area contributed by atoms with Gasteiger partial charge in [0.15, 0.2) is 6.21 Å². The van der Waals surface area contributed by atoms with Crippen molar-refractivity contribution in [2.75, 3.05) is 14.1 Å². The number of aliphatic hydroxyl groups is 1. The summed E-state index contributed by atoms with van der Waals surface area (Å²) in [7, 11) is 3.85. The highest BCUT2D eigenvalue weighted by Gasteiger charge is 2.15. The summed E-state index contributed by atoms with van der Waals surface area (Å²) in [6.45, 7) is 5.92. The Morgan fingerprint density at radius 3 is 2.00 bits per heavy atom. The molecule has 0 fully saturated rings. The zero-order chi connectivity index (χ0) is 9.07. The zero-order valence-electron chi connectivity index (χ0n) is 8.05. The Kier molecular flexibility index (Phi) is 3.30. The fourth-order valence-electron chi connectivity index (χ4n) is 0.470. The van der Waals surface area contributed by atoms with Gasteiger partial charge in [-0.1, -0.05) is 20.8 Å². The fourth-order valence-corrected chi connectivity index (χ4v) is 0.470. The average molecular weight is 156 g/mol. The van der Waals surface area contributed by atoms with Gasteiger partial charge in [-0.05, 0) is 0 Å². The smallest absolute Gasteiger partial charge is 0.166 e. The maximum atomic E-state index is 9.44. The van der Waals surface area contributed by atoms with E-state index >= 15 is 0 Å². The summed E-state index contributed by atoms with van der Waals surface area (Å²) in [5.41, 5.74) is -0.146. The van der Waals surface area contributed by atoms with Crippen molar-refractivity contribution in [1.29, 1.82) is 0 Å². The second-order valence-corrected chi connectivity index (χ2v) is 3.91. The van der Waals surface area contributed by atoms with Crippen LogP contribution in [-0.4, -0.2) is 30.0 Å². The first-order chi connectivity index (χ1) is 4.84. The Morgan fingerprint density at radius 2 is 1.73 bits per heavy atom. The number of aliphatic hydroxyl groups excluding tert-OH is 1. The van der Waals surface area contributed by atoms with E-state index in [1.165, 1.54) is 0 Å². The molecule has 0 bridgehead atoms. The first-order valence-electron chi connectivity index (χ1n) is 3.75. The van der Waals surface area contributed by atoms with Gasteiger partial charge in [0.2, 0.25) is 0 Å². The van der Waals surface area contributed by atoms with Gasteiger partial charge < -0.3 is 5.11 Å². The van der Waals surface area contributed by atoms with Crippen LogP contribution in [0.15, 0.2) is 11.8 Å². The van der Waals surface area contributed by atoms with Crippen LogP contribution in [0.1, 0.15) is 20.8 Å². The molecule has 0 rings (SSSR count). The second kappa shape index (κ2) is 3.56. The van der Waals surface area contributed by atoms with Crippen molar-refractivity contribution in [3.63, 3.8) is 0 Å². The molecule has 0 radical (unpaired) electrons. The molecule has 0 saturated carbocycles. The summed E-state index contributed by atoms with van der Waals surface area (Å²) in [6.07, 6.45) is 3.56. The van der Waals surface area contributed by atoms with Crippen LogP contribution in [0.5, 0.6) is 0 Å². The highest BCUT2D eigenvalue weighted by atomic mass is 16.3. The van der Waals surface area contributed by atoms with Crippen molar-refractivity contribution < 1.29 is 9.68 Å². The third kappa shape index (κ3) is 4.59. The van der Waals surface area contributed by atoms with Crippen LogP contribution in [-0.2, 0) is 0 Å². The largest absolute Gasteiger partial charge is 0.512 e. The van der Waals surface area contributed by atoms with Gasteiger partial charge in [-0.3, -0.25) is 0 Å². The van der Waals surface area contributed by atoms with E-state index in [4.69, 9.17) is 0 Å². The number of rotatable bonds is 1. The highest BCUT2D eigenvalue weighted by molar-refractivity contribution is 5.66. The van der Waals surface area contributed by atoms with Crippen LogP contribution in [0.3, 0.4) is 0 Å². The van der Waals surface area contributed by atoms with E-state index in [9.17, 15) is 5.11 Å². The predicted octanol–water partition coefficient (Wildman–Crippen LogP) is 1.82. The fraction of sp³-hybridized carbons (Fsp3) is 0.667. The van der Waals surface area contributed by atoms with Gasteiger partial charge in [0, 0.05) is 11.5 Å². The summed E-state index contributed by atoms with van der Waals surface area (Å²) in [6, 6.07) is 0. The summed E-state index contributed by atoms with van der Waals surface area (Å²) in [4.78, 5) is 0. The molecule has 0 aliphatic heterocycles. The molecule has 0 aliphatic carbocycles. The molecule has 64 valence electrons. The Morgan fingerprint density at radius 1 is 1.27 bits per heavy atom. The van der Waals surface area contributed by atoms with E-state index in [-0.39, 0.29) is 5.41 Å². The lowest BCUT2D eigenvalue weighted by atomic mass is 9.94. The van der Waals surface area contributed by atoms with Crippen LogP contribution in [0.4, 0.5) is 0 Å². The van der Waals surface area contributed by atoms with Gasteiger partial charge in [-0.25, -0.2) is 4.58 Å². The molecule has 2 heteroatoms. The number of allylic oxidation sites excluding steroid dienone is 2. The Labute approximate surface area is 68.9 Å². The lowest BCUT2D eigenvalue weighted by molar-refractivity contribution is -0.458. The second-order valence-electron chi connectivity index (χ2n) is 3.91. The molecule has 0 aromatic carbocycles. The predicted molar refractivity (Wildman–Crippen MR) is 48.3 cm³/mol. The molecule has 0 aromatic rings. The first kappa shape index (κ1) is 10.2. The third-order valence-corrected chi connectivity index (χ3v) is 1.30. The van der Waals surface area contributed by atoms with Gasteiger partial charge in [-0.15, -0.1) is 0 Å². The number of hydrogen-bond donors (Lipinski definition) is 1. The minimum atomic E-state index is -0.146. The monoisotopic (exact) mass is 156 g/mol. The van der Waals surface area contributed by atoms with Crippen LogP contribution >= 0.6 is 0 Å². The van der Waals surface area contributed by atoms with E-state index in [0.717, 1.165) is 0 Å². The molecule has 1 N–H and O–H groups in total. The van der Waals surface area contributed by atoms with Gasteiger partial charge in [0.05, 0.1) is 0 Å².